The van der Waals surface area contributed by atoms with Crippen LogP contribution in [-0.4, -0.2) is 41.4 Å². The summed E-state index contributed by atoms with van der Waals surface area (Å²) in [5.41, 5.74) is 2.57. The molecule has 0 unspecified atom stereocenters. The molecule has 0 saturated heterocycles. The van der Waals surface area contributed by atoms with E-state index in [1.54, 1.807) is 28.8 Å². The van der Waals surface area contributed by atoms with Crippen molar-refractivity contribution in [1.82, 2.24) is 24.5 Å². The van der Waals surface area contributed by atoms with E-state index in [4.69, 9.17) is 4.74 Å². The molecule has 0 aliphatic heterocycles. The van der Waals surface area contributed by atoms with Gasteiger partial charge in [0.2, 0.25) is 15.9 Å². The lowest BCUT2D eigenvalue weighted by Crippen LogP contribution is -2.28. The maximum atomic E-state index is 12.4. The Bertz CT molecular complexity index is 1240. The molecule has 2 aromatic carbocycles. The van der Waals surface area contributed by atoms with Gasteiger partial charge in [0.1, 0.15) is 6.61 Å². The van der Waals surface area contributed by atoms with Crippen molar-refractivity contribution in [3.63, 3.8) is 0 Å². The van der Waals surface area contributed by atoms with Gasteiger partial charge in [0.25, 0.3) is 0 Å². The maximum Gasteiger partial charge on any atom is 0.240 e. The van der Waals surface area contributed by atoms with Crippen LogP contribution in [0.25, 0.3) is 17.0 Å². The van der Waals surface area contributed by atoms with E-state index >= 15 is 0 Å². The quantitative estimate of drug-likeness (QED) is 0.438. The van der Waals surface area contributed by atoms with E-state index in [-0.39, 0.29) is 18.0 Å². The number of fused-ring (bicyclic) bond motifs is 1. The van der Waals surface area contributed by atoms with E-state index in [1.807, 2.05) is 49.4 Å². The summed E-state index contributed by atoms with van der Waals surface area (Å²) in [6.45, 7) is 2.27. The summed E-state index contributed by atoms with van der Waals surface area (Å²) in [6.07, 6.45) is 0.858. The van der Waals surface area contributed by atoms with Gasteiger partial charge < -0.3 is 4.74 Å². The molecule has 2 aromatic heterocycles. The monoisotopic (exact) mass is 423 g/mol. The van der Waals surface area contributed by atoms with Crippen molar-refractivity contribution in [3.05, 3.63) is 72.3 Å². The number of sulfonamides is 1. The van der Waals surface area contributed by atoms with Gasteiger partial charge in [-0.3, -0.25) is 0 Å². The SMILES string of the molecule is CCc1ccc(S(=O)(=O)NCCOc2ccc3nnc(-c4ccccc4)n3n2)cc1. The van der Waals surface area contributed by atoms with Gasteiger partial charge in [-0.15, -0.1) is 15.3 Å². The molecule has 0 bridgehead atoms. The third kappa shape index (κ3) is 4.32. The number of ether oxygens (including phenoxy) is 1. The smallest absolute Gasteiger partial charge is 0.240 e. The first kappa shape index (κ1) is 20.0. The average Bonchev–Trinajstić information content (AvgIpc) is 3.21. The lowest BCUT2D eigenvalue weighted by Gasteiger charge is -2.09. The van der Waals surface area contributed by atoms with Crippen LogP contribution in [0.3, 0.4) is 0 Å². The molecule has 0 aliphatic rings. The Labute approximate surface area is 174 Å². The Balaban J connectivity index is 1.40. The molecule has 8 nitrogen and oxygen atoms in total. The fraction of sp³-hybridized carbons (Fsp3) is 0.190. The van der Waals surface area contributed by atoms with Crippen LogP contribution >= 0.6 is 0 Å². The molecule has 4 rings (SSSR count). The zero-order valence-corrected chi connectivity index (χ0v) is 17.2. The highest BCUT2D eigenvalue weighted by atomic mass is 32.2. The molecule has 1 N–H and O–H groups in total. The summed E-state index contributed by atoms with van der Waals surface area (Å²) in [5.74, 6) is 0.957. The molecule has 2 heterocycles. The molecular weight excluding hydrogens is 402 g/mol. The number of hydrogen-bond donors (Lipinski definition) is 1. The van der Waals surface area contributed by atoms with Gasteiger partial charge in [-0.1, -0.05) is 49.4 Å². The largest absolute Gasteiger partial charge is 0.475 e. The fourth-order valence-corrected chi connectivity index (χ4v) is 3.95. The number of benzene rings is 2. The van der Waals surface area contributed by atoms with Crippen LogP contribution in [0.1, 0.15) is 12.5 Å². The van der Waals surface area contributed by atoms with Crippen molar-refractivity contribution in [2.45, 2.75) is 18.2 Å². The Morgan fingerprint density at radius 3 is 2.47 bits per heavy atom. The molecule has 0 spiro atoms. The first-order valence-electron chi connectivity index (χ1n) is 9.56. The number of aromatic nitrogens is 4. The molecule has 0 radical (unpaired) electrons. The average molecular weight is 423 g/mol. The van der Waals surface area contributed by atoms with Crippen molar-refractivity contribution >= 4 is 15.7 Å². The minimum Gasteiger partial charge on any atom is -0.475 e. The van der Waals surface area contributed by atoms with E-state index in [0.717, 1.165) is 17.5 Å². The summed E-state index contributed by atoms with van der Waals surface area (Å²) < 4.78 is 34.5. The fourth-order valence-electron chi connectivity index (χ4n) is 2.94. The van der Waals surface area contributed by atoms with E-state index in [1.165, 1.54) is 0 Å². The molecule has 4 aromatic rings. The van der Waals surface area contributed by atoms with Crippen LogP contribution in [0, 0.1) is 0 Å². The number of nitrogens with zero attached hydrogens (tertiary/aromatic N) is 4. The minimum atomic E-state index is -3.58. The summed E-state index contributed by atoms with van der Waals surface area (Å²) in [6, 6.07) is 19.9. The molecule has 154 valence electrons. The van der Waals surface area contributed by atoms with Crippen molar-refractivity contribution in [2.75, 3.05) is 13.2 Å². The van der Waals surface area contributed by atoms with Gasteiger partial charge >= 0.3 is 0 Å². The Morgan fingerprint density at radius 1 is 0.967 bits per heavy atom. The predicted octanol–water partition coefficient (Wildman–Crippen LogP) is 2.71. The van der Waals surface area contributed by atoms with Crippen LogP contribution in [0.15, 0.2) is 71.6 Å². The maximum absolute atomic E-state index is 12.4. The van der Waals surface area contributed by atoms with Crippen LogP contribution < -0.4 is 9.46 Å². The summed E-state index contributed by atoms with van der Waals surface area (Å²) in [4.78, 5) is 0.233. The molecular formula is C21H21N5O3S. The van der Waals surface area contributed by atoms with E-state index < -0.39 is 10.0 Å². The Kier molecular flexibility index (Phi) is 5.73. The molecule has 9 heteroatoms. The van der Waals surface area contributed by atoms with Crippen LogP contribution in [0.2, 0.25) is 0 Å². The topological polar surface area (TPSA) is 98.5 Å². The second-order valence-electron chi connectivity index (χ2n) is 6.57. The lowest BCUT2D eigenvalue weighted by atomic mass is 10.2. The number of aryl methyl sites for hydroxylation is 1. The zero-order valence-electron chi connectivity index (χ0n) is 16.4. The number of nitrogens with one attached hydrogen (secondary N) is 1. The minimum absolute atomic E-state index is 0.116. The Hall–Kier alpha value is -3.30. The first-order valence-corrected chi connectivity index (χ1v) is 11.0. The van der Waals surface area contributed by atoms with Crippen LogP contribution in [-0.2, 0) is 16.4 Å². The molecule has 30 heavy (non-hydrogen) atoms. The molecule has 0 aliphatic carbocycles. The summed E-state index contributed by atoms with van der Waals surface area (Å²) >= 11 is 0. The van der Waals surface area contributed by atoms with E-state index in [0.29, 0.717) is 17.4 Å². The van der Waals surface area contributed by atoms with E-state index in [9.17, 15) is 8.42 Å². The molecule has 0 atom stereocenters. The zero-order chi connectivity index (χ0) is 21.0. The normalized spacial score (nSPS) is 11.6. The van der Waals surface area contributed by atoms with Crippen molar-refractivity contribution < 1.29 is 13.2 Å². The second-order valence-corrected chi connectivity index (χ2v) is 8.34. The van der Waals surface area contributed by atoms with Gasteiger partial charge in [0, 0.05) is 18.2 Å². The third-order valence-corrected chi connectivity index (χ3v) is 6.03. The van der Waals surface area contributed by atoms with Gasteiger partial charge in [-0.05, 0) is 30.2 Å². The van der Waals surface area contributed by atoms with Gasteiger partial charge in [0.15, 0.2) is 11.5 Å². The predicted molar refractivity (Wildman–Crippen MR) is 113 cm³/mol. The van der Waals surface area contributed by atoms with E-state index in [2.05, 4.69) is 20.0 Å². The van der Waals surface area contributed by atoms with Gasteiger partial charge in [-0.2, -0.15) is 4.52 Å². The molecule has 0 amide bonds. The Morgan fingerprint density at radius 2 is 1.73 bits per heavy atom. The third-order valence-electron chi connectivity index (χ3n) is 4.56. The molecule has 0 fully saturated rings. The highest BCUT2D eigenvalue weighted by Crippen LogP contribution is 2.18. The highest BCUT2D eigenvalue weighted by molar-refractivity contribution is 7.89. The number of rotatable bonds is 8. The second kappa shape index (κ2) is 8.60. The number of hydrogen-bond acceptors (Lipinski definition) is 6. The van der Waals surface area contributed by atoms with Gasteiger partial charge in [-0.25, -0.2) is 13.1 Å². The van der Waals surface area contributed by atoms with Crippen LogP contribution in [0.5, 0.6) is 5.88 Å². The van der Waals surface area contributed by atoms with Gasteiger partial charge in [0.05, 0.1) is 4.90 Å². The standard InChI is InChI=1S/C21H21N5O3S/c1-2-16-8-10-18(11-9-16)30(27,28)22-14-15-29-20-13-12-19-23-24-21(26(19)25-20)17-6-4-3-5-7-17/h3-13,22H,2,14-15H2,1H3. The van der Waals surface area contributed by atoms with Crippen LogP contribution in [0.4, 0.5) is 0 Å². The van der Waals surface area contributed by atoms with Crippen molar-refractivity contribution in [3.8, 4) is 17.3 Å². The summed E-state index contributed by atoms with van der Waals surface area (Å²) in [5, 5.41) is 12.7. The first-order chi connectivity index (χ1) is 14.6. The molecule has 0 saturated carbocycles. The van der Waals surface area contributed by atoms with Crippen molar-refractivity contribution in [2.24, 2.45) is 0 Å². The summed E-state index contributed by atoms with van der Waals surface area (Å²) in [7, 11) is -3.58. The lowest BCUT2D eigenvalue weighted by molar-refractivity contribution is 0.306. The highest BCUT2D eigenvalue weighted by Gasteiger charge is 2.14. The van der Waals surface area contributed by atoms with Crippen molar-refractivity contribution in [1.29, 1.82) is 0 Å².